The fraction of sp³-hybridized carbons (Fsp3) is 0.188. The van der Waals surface area contributed by atoms with Crippen molar-refractivity contribution in [2.45, 2.75) is 26.7 Å². The summed E-state index contributed by atoms with van der Waals surface area (Å²) in [5, 5.41) is 2.80. The Bertz CT molecular complexity index is 1480. The normalized spacial score (nSPS) is 13.6. The van der Waals surface area contributed by atoms with E-state index >= 15 is 0 Å². The number of carbonyl (C=O) groups excluding carboxylic acids is 2. The fourth-order valence-corrected chi connectivity index (χ4v) is 5.85. The van der Waals surface area contributed by atoms with E-state index < -0.39 is 0 Å². The van der Waals surface area contributed by atoms with Crippen LogP contribution in [-0.2, 0) is 12.8 Å². The maximum Gasteiger partial charge on any atom is 0.258 e. The van der Waals surface area contributed by atoms with Gasteiger partial charge in [0.2, 0.25) is 0 Å². The summed E-state index contributed by atoms with van der Waals surface area (Å²) in [6.45, 7) is 5.62. The number of hydrogen-bond donors (Lipinski definition) is 1. The largest absolute Gasteiger partial charge is 0.352 e. The van der Waals surface area contributed by atoms with E-state index in [-0.39, 0.29) is 11.8 Å². The average molecular weight is 713 g/mol. The van der Waals surface area contributed by atoms with Crippen molar-refractivity contribution in [1.82, 2.24) is 5.32 Å². The van der Waals surface area contributed by atoms with Crippen LogP contribution in [0.1, 0.15) is 43.0 Å². The van der Waals surface area contributed by atoms with Crippen molar-refractivity contribution in [2.75, 3.05) is 18.0 Å². The zero-order valence-electron chi connectivity index (χ0n) is 21.8. The van der Waals surface area contributed by atoms with Gasteiger partial charge in [0.15, 0.2) is 0 Å². The minimum atomic E-state index is 0.0619. The third-order valence-corrected chi connectivity index (χ3v) is 9.35. The SMILES string of the molecule is Cc1c(Br)cccc1Br.Cc1c(Br)cccc1N1CCc2ccccc2C1=O.O=C1NCCc2ccccc21. The van der Waals surface area contributed by atoms with Crippen LogP contribution >= 0.6 is 47.8 Å². The Morgan fingerprint density at radius 3 is 1.79 bits per heavy atom. The quantitative estimate of drug-likeness (QED) is 0.215. The summed E-state index contributed by atoms with van der Waals surface area (Å²) in [6.07, 6.45) is 1.87. The van der Waals surface area contributed by atoms with Crippen molar-refractivity contribution < 1.29 is 9.59 Å². The van der Waals surface area contributed by atoms with E-state index in [2.05, 4.69) is 60.0 Å². The molecule has 6 rings (SSSR count). The summed E-state index contributed by atoms with van der Waals surface area (Å²) in [6, 6.07) is 27.6. The molecule has 39 heavy (non-hydrogen) atoms. The number of nitrogens with zero attached hydrogens (tertiary/aromatic N) is 1. The monoisotopic (exact) mass is 710 g/mol. The van der Waals surface area contributed by atoms with Crippen LogP contribution in [0.4, 0.5) is 5.69 Å². The van der Waals surface area contributed by atoms with Gasteiger partial charge in [-0.1, -0.05) is 96.3 Å². The molecule has 4 nitrogen and oxygen atoms in total. The topological polar surface area (TPSA) is 49.4 Å². The van der Waals surface area contributed by atoms with Crippen LogP contribution in [0.3, 0.4) is 0 Å². The molecule has 4 aromatic carbocycles. The Balaban J connectivity index is 0.000000149. The van der Waals surface area contributed by atoms with Gasteiger partial charge in [-0.2, -0.15) is 0 Å². The molecule has 0 saturated carbocycles. The van der Waals surface area contributed by atoms with Crippen LogP contribution in [0.25, 0.3) is 0 Å². The van der Waals surface area contributed by atoms with Crippen molar-refractivity contribution in [2.24, 2.45) is 0 Å². The molecule has 2 amide bonds. The molecule has 2 aliphatic rings. The zero-order valence-corrected chi connectivity index (χ0v) is 26.6. The van der Waals surface area contributed by atoms with E-state index in [1.54, 1.807) is 0 Å². The maximum absolute atomic E-state index is 12.6. The third kappa shape index (κ3) is 7.07. The molecule has 1 N–H and O–H groups in total. The second kappa shape index (κ2) is 13.6. The van der Waals surface area contributed by atoms with Crippen molar-refractivity contribution in [3.05, 3.63) is 132 Å². The maximum atomic E-state index is 12.6. The summed E-state index contributed by atoms with van der Waals surface area (Å²) in [4.78, 5) is 25.6. The molecule has 0 radical (unpaired) electrons. The Morgan fingerprint density at radius 2 is 1.18 bits per heavy atom. The number of fused-ring (bicyclic) bond motifs is 2. The number of amides is 2. The molecule has 0 atom stereocenters. The van der Waals surface area contributed by atoms with E-state index in [0.29, 0.717) is 0 Å². The van der Waals surface area contributed by atoms with Crippen molar-refractivity contribution >= 4 is 65.3 Å². The number of anilines is 1. The minimum absolute atomic E-state index is 0.0619. The lowest BCUT2D eigenvalue weighted by Crippen LogP contribution is -2.38. The molecule has 4 aromatic rings. The third-order valence-electron chi connectivity index (χ3n) is 6.77. The minimum Gasteiger partial charge on any atom is -0.352 e. The van der Waals surface area contributed by atoms with Crippen LogP contribution in [0, 0.1) is 13.8 Å². The van der Waals surface area contributed by atoms with Crippen molar-refractivity contribution in [1.29, 1.82) is 0 Å². The Morgan fingerprint density at radius 1 is 0.641 bits per heavy atom. The summed E-state index contributed by atoms with van der Waals surface area (Å²) in [7, 11) is 0. The van der Waals surface area contributed by atoms with Gasteiger partial charge in [0, 0.05) is 43.3 Å². The Kier molecular flexibility index (Phi) is 10.2. The summed E-state index contributed by atoms with van der Waals surface area (Å²) >= 11 is 10.4. The van der Waals surface area contributed by atoms with Crippen LogP contribution < -0.4 is 10.2 Å². The van der Waals surface area contributed by atoms with Gasteiger partial charge in [0.1, 0.15) is 0 Å². The van der Waals surface area contributed by atoms with Crippen LogP contribution in [-0.4, -0.2) is 24.9 Å². The number of hydrogen-bond acceptors (Lipinski definition) is 2. The number of nitrogens with one attached hydrogen (secondary N) is 1. The lowest BCUT2D eigenvalue weighted by atomic mass is 9.98. The van der Waals surface area contributed by atoms with Gasteiger partial charge < -0.3 is 10.2 Å². The summed E-state index contributed by atoms with van der Waals surface area (Å²) < 4.78 is 3.34. The molecule has 2 aliphatic heterocycles. The molecule has 7 heteroatoms. The zero-order chi connectivity index (χ0) is 27.9. The molecular weight excluding hydrogens is 684 g/mol. The first-order chi connectivity index (χ1) is 18.8. The first kappa shape index (κ1) is 29.2. The lowest BCUT2D eigenvalue weighted by Gasteiger charge is -2.30. The molecule has 0 aromatic heterocycles. The molecule has 0 spiro atoms. The van der Waals surface area contributed by atoms with Gasteiger partial charge in [-0.3, -0.25) is 9.59 Å². The van der Waals surface area contributed by atoms with Crippen molar-refractivity contribution in [3.8, 4) is 0 Å². The Hall–Kier alpha value is -2.74. The molecule has 0 fully saturated rings. The highest BCUT2D eigenvalue weighted by molar-refractivity contribution is 9.11. The van der Waals surface area contributed by atoms with Gasteiger partial charge in [-0.05, 0) is 85.3 Å². The summed E-state index contributed by atoms with van der Waals surface area (Å²) in [5.41, 5.74) is 7.32. The molecular formula is C32H29Br3N2O2. The first-order valence-corrected chi connectivity index (χ1v) is 15.1. The highest BCUT2D eigenvalue weighted by Crippen LogP contribution is 2.30. The molecule has 0 saturated heterocycles. The average Bonchev–Trinajstić information content (AvgIpc) is 2.95. The van der Waals surface area contributed by atoms with E-state index in [0.717, 1.165) is 72.9 Å². The van der Waals surface area contributed by atoms with E-state index in [4.69, 9.17) is 0 Å². The number of rotatable bonds is 1. The van der Waals surface area contributed by atoms with Gasteiger partial charge in [-0.25, -0.2) is 0 Å². The van der Waals surface area contributed by atoms with E-state index in [9.17, 15) is 9.59 Å². The van der Waals surface area contributed by atoms with Crippen molar-refractivity contribution in [3.63, 3.8) is 0 Å². The highest BCUT2D eigenvalue weighted by atomic mass is 79.9. The lowest BCUT2D eigenvalue weighted by molar-refractivity contribution is 0.0944. The fourth-order valence-electron chi connectivity index (χ4n) is 4.49. The van der Waals surface area contributed by atoms with Gasteiger partial charge in [0.25, 0.3) is 11.8 Å². The van der Waals surface area contributed by atoms with Crippen LogP contribution in [0.2, 0.25) is 0 Å². The smallest absolute Gasteiger partial charge is 0.258 e. The van der Waals surface area contributed by atoms with Gasteiger partial charge in [-0.15, -0.1) is 0 Å². The second-order valence-corrected chi connectivity index (χ2v) is 11.8. The first-order valence-electron chi connectivity index (χ1n) is 12.7. The predicted molar refractivity (Wildman–Crippen MR) is 170 cm³/mol. The standard InChI is InChI=1S/C16H14BrNO.C9H9NO.C7H6Br2/c1-11-14(17)7-4-8-15(11)18-10-9-12-5-2-3-6-13(12)16(18)19;11-9-8-4-2-1-3-7(8)5-6-10-9;1-5-6(8)3-2-4-7(5)9/h2-8H,9-10H2,1H3;1-4H,5-6H2,(H,10,11);2-4H,1H3. The Labute approximate surface area is 255 Å². The number of carbonyl (C=O) groups is 2. The van der Waals surface area contributed by atoms with Crippen LogP contribution in [0.5, 0.6) is 0 Å². The summed E-state index contributed by atoms with van der Waals surface area (Å²) in [5.74, 6) is 0.162. The molecule has 2 heterocycles. The predicted octanol–water partition coefficient (Wildman–Crippen LogP) is 8.45. The van der Waals surface area contributed by atoms with E-state index in [1.165, 1.54) is 5.56 Å². The van der Waals surface area contributed by atoms with E-state index in [1.807, 2.05) is 96.8 Å². The molecule has 0 aliphatic carbocycles. The molecule has 200 valence electrons. The van der Waals surface area contributed by atoms with Crippen LogP contribution in [0.15, 0.2) is 98.3 Å². The second-order valence-electron chi connectivity index (χ2n) is 9.26. The highest BCUT2D eigenvalue weighted by Gasteiger charge is 2.26. The molecule has 0 bridgehead atoms. The molecule has 0 unspecified atom stereocenters. The van der Waals surface area contributed by atoms with Gasteiger partial charge in [0.05, 0.1) is 0 Å². The van der Waals surface area contributed by atoms with Gasteiger partial charge >= 0.3 is 0 Å². The number of benzene rings is 4. The number of halogens is 3.